The number of hydrogen-bond acceptors (Lipinski definition) is 5. The highest BCUT2D eigenvalue weighted by atomic mass is 16.5. The van der Waals surface area contributed by atoms with Crippen LogP contribution in [0.3, 0.4) is 0 Å². The number of hydrogen-bond donors (Lipinski definition) is 0. The number of Topliss-reactive ketones (excluding diaryl/α,β-unsaturated/α-hetero) is 1. The van der Waals surface area contributed by atoms with E-state index < -0.39 is 11.8 Å². The molecule has 0 aliphatic heterocycles. The van der Waals surface area contributed by atoms with E-state index in [0.717, 1.165) is 5.56 Å². The fraction of sp³-hybridized carbons (Fsp3) is 0.400. The van der Waals surface area contributed by atoms with Gasteiger partial charge in [-0.2, -0.15) is 9.89 Å². The molecule has 0 atom stereocenters. The topological polar surface area (TPSA) is 64.4 Å². The zero-order valence-electron chi connectivity index (χ0n) is 12.7. The minimum Gasteiger partial charge on any atom is -0.463 e. The van der Waals surface area contributed by atoms with Crippen molar-refractivity contribution in [3.63, 3.8) is 0 Å². The van der Waals surface area contributed by atoms with Crippen molar-refractivity contribution >= 4 is 22.7 Å². The Morgan fingerprint density at radius 2 is 1.95 bits per heavy atom. The summed E-state index contributed by atoms with van der Waals surface area (Å²) in [6.07, 6.45) is 0. The Bertz CT molecular complexity index is 687. The van der Waals surface area contributed by atoms with Gasteiger partial charge in [-0.3, -0.25) is 9.80 Å². The lowest BCUT2D eigenvalue weighted by atomic mass is 10.1. The fourth-order valence-corrected chi connectivity index (χ4v) is 2.29. The maximum atomic E-state index is 12.4. The number of esters is 1. The quantitative estimate of drug-likeness (QED) is 0.476. The first kappa shape index (κ1) is 15.0. The fourth-order valence-electron chi connectivity index (χ4n) is 2.29. The molecular weight excluding hydrogens is 270 g/mol. The van der Waals surface area contributed by atoms with Crippen LogP contribution in [0.15, 0.2) is 18.2 Å². The normalized spacial score (nSPS) is 10.7. The van der Waals surface area contributed by atoms with Crippen LogP contribution in [0.5, 0.6) is 0 Å². The van der Waals surface area contributed by atoms with Crippen LogP contribution in [0.1, 0.15) is 29.9 Å². The van der Waals surface area contributed by atoms with E-state index in [0.29, 0.717) is 24.0 Å². The number of ether oxygens (including phenoxy) is 1. The summed E-state index contributed by atoms with van der Waals surface area (Å²) in [7, 11) is 1.20. The predicted octanol–water partition coefficient (Wildman–Crippen LogP) is 1.68. The molecule has 21 heavy (non-hydrogen) atoms. The SMILES string of the molecule is CCN(CC)n1nc2ccc(C)cc2c1C(=O)C(=O)OC. The first-order valence-electron chi connectivity index (χ1n) is 6.90. The van der Waals surface area contributed by atoms with Gasteiger partial charge in [-0.25, -0.2) is 4.79 Å². The van der Waals surface area contributed by atoms with E-state index in [1.54, 1.807) is 0 Å². The number of fused-ring (bicyclic) bond motifs is 1. The molecule has 0 saturated carbocycles. The average Bonchev–Trinajstić information content (AvgIpc) is 2.85. The first-order valence-corrected chi connectivity index (χ1v) is 6.90. The maximum Gasteiger partial charge on any atom is 0.381 e. The highest BCUT2D eigenvalue weighted by molar-refractivity contribution is 6.42. The highest BCUT2D eigenvalue weighted by Gasteiger charge is 2.27. The Morgan fingerprint density at radius 1 is 1.29 bits per heavy atom. The second kappa shape index (κ2) is 5.95. The minimum atomic E-state index is -0.883. The van der Waals surface area contributed by atoms with Crippen LogP contribution in [0, 0.1) is 6.92 Å². The number of carbonyl (C=O) groups is 2. The molecule has 2 rings (SSSR count). The van der Waals surface area contributed by atoms with E-state index in [9.17, 15) is 9.59 Å². The summed E-state index contributed by atoms with van der Waals surface area (Å²) >= 11 is 0. The maximum absolute atomic E-state index is 12.4. The number of aryl methyl sites for hydroxylation is 1. The van der Waals surface area contributed by atoms with Gasteiger partial charge in [0.15, 0.2) is 0 Å². The van der Waals surface area contributed by atoms with Gasteiger partial charge in [-0.1, -0.05) is 11.6 Å². The number of ketones is 1. The molecule has 0 N–H and O–H groups in total. The Labute approximate surface area is 123 Å². The molecule has 0 saturated heterocycles. The third-order valence-corrected chi connectivity index (χ3v) is 3.39. The van der Waals surface area contributed by atoms with E-state index in [2.05, 4.69) is 9.84 Å². The number of carbonyl (C=O) groups excluding carboxylic acids is 2. The zero-order chi connectivity index (χ0) is 15.6. The Hall–Kier alpha value is -2.37. The van der Waals surface area contributed by atoms with Crippen molar-refractivity contribution in [2.24, 2.45) is 0 Å². The molecule has 112 valence electrons. The Morgan fingerprint density at radius 3 is 2.52 bits per heavy atom. The first-order chi connectivity index (χ1) is 10.0. The van der Waals surface area contributed by atoms with Crippen molar-refractivity contribution in [3.8, 4) is 0 Å². The van der Waals surface area contributed by atoms with E-state index >= 15 is 0 Å². The monoisotopic (exact) mass is 289 g/mol. The number of methoxy groups -OCH3 is 1. The standard InChI is InChI=1S/C15H19N3O3/c1-5-17(6-2)18-13(14(19)15(20)21-4)11-9-10(3)7-8-12(11)16-18/h7-9H,5-6H2,1-4H3. The lowest BCUT2D eigenvalue weighted by Crippen LogP contribution is -2.38. The summed E-state index contributed by atoms with van der Waals surface area (Å²) in [5.74, 6) is -1.57. The second-order valence-electron chi connectivity index (χ2n) is 4.72. The minimum absolute atomic E-state index is 0.254. The van der Waals surface area contributed by atoms with Crippen LogP contribution in [0.2, 0.25) is 0 Å². The van der Waals surface area contributed by atoms with E-state index in [4.69, 9.17) is 0 Å². The number of aromatic nitrogens is 2. The summed E-state index contributed by atoms with van der Waals surface area (Å²) < 4.78 is 4.57. The molecule has 0 fully saturated rings. The van der Waals surface area contributed by atoms with Crippen molar-refractivity contribution in [1.29, 1.82) is 0 Å². The van der Waals surface area contributed by atoms with Gasteiger partial charge in [-0.05, 0) is 32.9 Å². The largest absolute Gasteiger partial charge is 0.463 e. The molecule has 6 nitrogen and oxygen atoms in total. The van der Waals surface area contributed by atoms with Gasteiger partial charge in [0.25, 0.3) is 5.78 Å². The van der Waals surface area contributed by atoms with Crippen molar-refractivity contribution in [2.45, 2.75) is 20.8 Å². The lowest BCUT2D eigenvalue weighted by Gasteiger charge is -2.22. The van der Waals surface area contributed by atoms with Gasteiger partial charge < -0.3 is 4.74 Å². The third kappa shape index (κ3) is 2.61. The number of rotatable bonds is 5. The number of benzene rings is 1. The van der Waals surface area contributed by atoms with Crippen LogP contribution >= 0.6 is 0 Å². The van der Waals surface area contributed by atoms with Gasteiger partial charge in [0, 0.05) is 18.5 Å². The third-order valence-electron chi connectivity index (χ3n) is 3.39. The molecule has 0 unspecified atom stereocenters. The van der Waals surface area contributed by atoms with Crippen LogP contribution in [0.4, 0.5) is 0 Å². The van der Waals surface area contributed by atoms with E-state index in [1.165, 1.54) is 11.9 Å². The molecule has 1 aromatic heterocycles. The zero-order valence-corrected chi connectivity index (χ0v) is 12.7. The second-order valence-corrected chi connectivity index (χ2v) is 4.72. The van der Waals surface area contributed by atoms with Gasteiger partial charge in [0.2, 0.25) is 0 Å². The average molecular weight is 289 g/mol. The molecule has 0 aliphatic carbocycles. The summed E-state index contributed by atoms with van der Waals surface area (Å²) in [4.78, 5) is 25.5. The van der Waals surface area contributed by atoms with Crippen molar-refractivity contribution in [2.75, 3.05) is 25.2 Å². The summed E-state index contributed by atoms with van der Waals surface area (Å²) in [5, 5.41) is 6.99. The summed E-state index contributed by atoms with van der Waals surface area (Å²) in [5.41, 5.74) is 1.93. The molecule has 1 heterocycles. The smallest absolute Gasteiger partial charge is 0.381 e. The number of nitrogens with zero attached hydrogens (tertiary/aromatic N) is 3. The van der Waals surface area contributed by atoms with Gasteiger partial charge in [0.05, 0.1) is 12.6 Å². The van der Waals surface area contributed by atoms with E-state index in [1.807, 2.05) is 44.0 Å². The van der Waals surface area contributed by atoms with Crippen molar-refractivity contribution in [1.82, 2.24) is 9.89 Å². The summed E-state index contributed by atoms with van der Waals surface area (Å²) in [6, 6.07) is 5.63. The Kier molecular flexibility index (Phi) is 4.26. The molecule has 0 spiro atoms. The van der Waals surface area contributed by atoms with Gasteiger partial charge in [0.1, 0.15) is 5.69 Å². The Balaban J connectivity index is 2.72. The van der Waals surface area contributed by atoms with E-state index in [-0.39, 0.29) is 5.69 Å². The van der Waals surface area contributed by atoms with Gasteiger partial charge in [-0.15, -0.1) is 0 Å². The molecular formula is C15H19N3O3. The molecule has 6 heteroatoms. The molecule has 1 aromatic carbocycles. The van der Waals surface area contributed by atoms with Crippen molar-refractivity contribution in [3.05, 3.63) is 29.5 Å². The van der Waals surface area contributed by atoms with Crippen molar-refractivity contribution < 1.29 is 14.3 Å². The molecule has 0 radical (unpaired) electrons. The molecule has 0 amide bonds. The summed E-state index contributed by atoms with van der Waals surface area (Å²) in [6.45, 7) is 7.21. The molecule has 0 bridgehead atoms. The van der Waals surface area contributed by atoms with Crippen LogP contribution in [-0.2, 0) is 9.53 Å². The van der Waals surface area contributed by atoms with Gasteiger partial charge >= 0.3 is 5.97 Å². The lowest BCUT2D eigenvalue weighted by molar-refractivity contribution is -0.135. The van der Waals surface area contributed by atoms with Crippen LogP contribution < -0.4 is 5.01 Å². The molecule has 2 aromatic rings. The van der Waals surface area contributed by atoms with Crippen LogP contribution in [-0.4, -0.2) is 41.8 Å². The molecule has 0 aliphatic rings. The highest BCUT2D eigenvalue weighted by Crippen LogP contribution is 2.21. The predicted molar refractivity (Wildman–Crippen MR) is 80.1 cm³/mol. The van der Waals surface area contributed by atoms with Crippen LogP contribution in [0.25, 0.3) is 10.9 Å².